The topological polar surface area (TPSA) is 92.3 Å². The van der Waals surface area contributed by atoms with Gasteiger partial charge in [-0.2, -0.15) is 5.10 Å². The van der Waals surface area contributed by atoms with Gasteiger partial charge in [-0.05, 0) is 6.07 Å². The first-order valence-electron chi connectivity index (χ1n) is 8.76. The molecule has 2 aliphatic heterocycles. The van der Waals surface area contributed by atoms with Gasteiger partial charge in [0.1, 0.15) is 0 Å². The molecule has 0 bridgehead atoms. The highest BCUT2D eigenvalue weighted by molar-refractivity contribution is 6.45. The summed E-state index contributed by atoms with van der Waals surface area (Å²) >= 11 is 12.8. The van der Waals surface area contributed by atoms with Crippen LogP contribution in [0.15, 0.2) is 24.5 Å². The van der Waals surface area contributed by atoms with Crippen LogP contribution < -0.4 is 5.32 Å². The molecule has 1 atom stereocenters. The van der Waals surface area contributed by atoms with Gasteiger partial charge in [-0.25, -0.2) is 4.79 Å². The van der Waals surface area contributed by atoms with Crippen molar-refractivity contribution in [3.05, 3.63) is 40.3 Å². The molecule has 1 saturated heterocycles. The van der Waals surface area contributed by atoms with E-state index in [2.05, 4.69) is 20.1 Å². The number of alkyl carbamates (subject to hydrolysis) is 1. The van der Waals surface area contributed by atoms with Crippen LogP contribution in [0.25, 0.3) is 22.0 Å². The highest BCUT2D eigenvalue weighted by Gasteiger charge is 2.36. The number of ether oxygens (including phenoxy) is 1. The van der Waals surface area contributed by atoms with Gasteiger partial charge in [0.2, 0.25) is 0 Å². The number of hydrogen-bond donors (Lipinski definition) is 2. The van der Waals surface area contributed by atoms with Crippen molar-refractivity contribution in [3.8, 4) is 11.1 Å². The second-order valence-electron chi connectivity index (χ2n) is 6.75. The van der Waals surface area contributed by atoms with Crippen LogP contribution in [0.3, 0.4) is 0 Å². The van der Waals surface area contributed by atoms with E-state index >= 15 is 0 Å². The number of nitrogens with one attached hydrogen (secondary N) is 2. The fraction of sp³-hybridized carbons (Fsp3) is 0.278. The Balaban J connectivity index is 1.62. The van der Waals surface area contributed by atoms with Crippen molar-refractivity contribution >= 4 is 46.1 Å². The Morgan fingerprint density at radius 1 is 1.29 bits per heavy atom. The average molecular weight is 420 g/mol. The van der Waals surface area contributed by atoms with Crippen molar-refractivity contribution < 1.29 is 14.3 Å². The van der Waals surface area contributed by atoms with Crippen LogP contribution in [0.2, 0.25) is 10.0 Å². The molecule has 0 spiro atoms. The minimum Gasteiger partial charge on any atom is -0.434 e. The van der Waals surface area contributed by atoms with E-state index in [1.807, 2.05) is 12.3 Å². The number of cyclic esters (lactones) is 1. The lowest BCUT2D eigenvalue weighted by molar-refractivity contribution is -0.139. The summed E-state index contributed by atoms with van der Waals surface area (Å²) in [6.07, 6.45) is 2.19. The van der Waals surface area contributed by atoms with E-state index in [0.717, 1.165) is 27.7 Å². The summed E-state index contributed by atoms with van der Waals surface area (Å²) in [6, 6.07) is 3.71. The molecule has 28 heavy (non-hydrogen) atoms. The third-order valence-electron chi connectivity index (χ3n) is 5.21. The molecule has 0 saturated carbocycles. The quantitative estimate of drug-likeness (QED) is 0.667. The van der Waals surface area contributed by atoms with Gasteiger partial charge in [-0.15, -0.1) is 0 Å². The van der Waals surface area contributed by atoms with Crippen LogP contribution in [-0.4, -0.2) is 50.9 Å². The Morgan fingerprint density at radius 3 is 2.86 bits per heavy atom. The number of hydrogen-bond acceptors (Lipinski definition) is 4. The SMILES string of the molecule is O=C1NCC(C(=O)N2CCn3c(c(-c4cn[nH]c4)c4ccc(Cl)c(Cl)c43)C2)O1. The van der Waals surface area contributed by atoms with Crippen molar-refractivity contribution in [2.75, 3.05) is 13.1 Å². The number of aromatic nitrogens is 3. The predicted molar refractivity (Wildman–Crippen MR) is 103 cm³/mol. The molecule has 3 aromatic rings. The standard InChI is InChI=1S/C18H15Cl2N5O3/c19-11-2-1-10-14(9-5-22-23-6-9)12-8-24(3-4-25(12)16(10)15(11)20)17(26)13-7-21-18(27)28-13/h1-2,5-6,13H,3-4,7-8H2,(H,21,27)(H,22,23). The van der Waals surface area contributed by atoms with Crippen molar-refractivity contribution in [2.24, 2.45) is 0 Å². The van der Waals surface area contributed by atoms with Gasteiger partial charge >= 0.3 is 6.09 Å². The first kappa shape index (κ1) is 17.4. The van der Waals surface area contributed by atoms with Crippen molar-refractivity contribution in [1.82, 2.24) is 25.0 Å². The molecule has 4 heterocycles. The molecule has 1 unspecified atom stereocenters. The summed E-state index contributed by atoms with van der Waals surface area (Å²) in [5, 5.41) is 11.3. The van der Waals surface area contributed by atoms with E-state index in [1.54, 1.807) is 17.2 Å². The Bertz CT molecular complexity index is 1110. The second kappa shape index (κ2) is 6.42. The van der Waals surface area contributed by atoms with Gasteiger partial charge in [-0.3, -0.25) is 9.89 Å². The molecule has 10 heteroatoms. The van der Waals surface area contributed by atoms with Gasteiger partial charge in [0.05, 0.1) is 34.8 Å². The molecule has 144 valence electrons. The lowest BCUT2D eigenvalue weighted by Crippen LogP contribution is -2.44. The van der Waals surface area contributed by atoms with Crippen molar-refractivity contribution in [3.63, 3.8) is 0 Å². The first-order valence-corrected chi connectivity index (χ1v) is 9.51. The van der Waals surface area contributed by atoms with Crippen LogP contribution in [-0.2, 0) is 22.6 Å². The first-order chi connectivity index (χ1) is 13.5. The Kier molecular flexibility index (Phi) is 3.99. The van der Waals surface area contributed by atoms with Crippen molar-refractivity contribution in [1.29, 1.82) is 0 Å². The number of rotatable bonds is 2. The van der Waals surface area contributed by atoms with Gasteiger partial charge in [0.15, 0.2) is 6.10 Å². The molecule has 1 aromatic carbocycles. The maximum Gasteiger partial charge on any atom is 0.408 e. The number of nitrogens with zero attached hydrogens (tertiary/aromatic N) is 3. The Morgan fingerprint density at radius 2 is 2.14 bits per heavy atom. The second-order valence-corrected chi connectivity index (χ2v) is 7.54. The van der Waals surface area contributed by atoms with Gasteiger partial charge in [-0.1, -0.05) is 29.3 Å². The van der Waals surface area contributed by atoms with Crippen LogP contribution in [0.1, 0.15) is 5.69 Å². The summed E-state index contributed by atoms with van der Waals surface area (Å²) in [6.45, 7) is 1.60. The average Bonchev–Trinajstić information content (AvgIpc) is 3.42. The van der Waals surface area contributed by atoms with E-state index in [9.17, 15) is 9.59 Å². The Hall–Kier alpha value is -2.71. The minimum absolute atomic E-state index is 0.188. The van der Waals surface area contributed by atoms with Gasteiger partial charge < -0.3 is 19.5 Å². The third-order valence-corrected chi connectivity index (χ3v) is 6.01. The van der Waals surface area contributed by atoms with Crippen LogP contribution in [0.5, 0.6) is 0 Å². The molecular weight excluding hydrogens is 405 g/mol. The largest absolute Gasteiger partial charge is 0.434 e. The minimum atomic E-state index is -0.793. The summed E-state index contributed by atoms with van der Waals surface area (Å²) < 4.78 is 7.16. The molecule has 2 amide bonds. The monoisotopic (exact) mass is 419 g/mol. The zero-order chi connectivity index (χ0) is 19.4. The van der Waals surface area contributed by atoms with Gasteiger partial charge in [0.25, 0.3) is 5.91 Å². The molecule has 2 aliphatic rings. The highest BCUT2D eigenvalue weighted by atomic mass is 35.5. The van der Waals surface area contributed by atoms with Crippen LogP contribution >= 0.6 is 23.2 Å². The molecule has 1 fully saturated rings. The summed E-state index contributed by atoms with van der Waals surface area (Å²) in [5.74, 6) is -0.211. The fourth-order valence-electron chi connectivity index (χ4n) is 3.95. The summed E-state index contributed by atoms with van der Waals surface area (Å²) in [7, 11) is 0. The molecule has 2 N–H and O–H groups in total. The molecule has 0 radical (unpaired) electrons. The number of benzene rings is 1. The number of amides is 2. The molecule has 5 rings (SSSR count). The molecular formula is C18H15Cl2N5O3. The van der Waals surface area contributed by atoms with Gasteiger partial charge in [0, 0.05) is 41.5 Å². The molecule has 0 aliphatic carbocycles. The van der Waals surface area contributed by atoms with E-state index in [0.29, 0.717) is 29.7 Å². The van der Waals surface area contributed by atoms with E-state index in [4.69, 9.17) is 27.9 Å². The fourth-order valence-corrected chi connectivity index (χ4v) is 4.37. The Labute approximate surface area is 169 Å². The molecule has 2 aromatic heterocycles. The zero-order valence-corrected chi connectivity index (χ0v) is 16.0. The number of H-pyrrole nitrogens is 1. The predicted octanol–water partition coefficient (Wildman–Crippen LogP) is 2.79. The van der Waals surface area contributed by atoms with E-state index in [-0.39, 0.29) is 12.5 Å². The number of fused-ring (bicyclic) bond motifs is 3. The van der Waals surface area contributed by atoms with Crippen LogP contribution in [0, 0.1) is 0 Å². The maximum absolute atomic E-state index is 12.8. The summed E-state index contributed by atoms with van der Waals surface area (Å²) in [5.41, 5.74) is 3.65. The maximum atomic E-state index is 12.8. The lowest BCUT2D eigenvalue weighted by atomic mass is 10.0. The lowest BCUT2D eigenvalue weighted by Gasteiger charge is -2.31. The number of halogens is 2. The van der Waals surface area contributed by atoms with E-state index < -0.39 is 12.2 Å². The van der Waals surface area contributed by atoms with E-state index in [1.165, 1.54) is 0 Å². The number of carbonyl (C=O) groups is 2. The zero-order valence-electron chi connectivity index (χ0n) is 14.5. The highest BCUT2D eigenvalue weighted by Crippen LogP contribution is 2.42. The smallest absolute Gasteiger partial charge is 0.408 e. The normalized spacial score (nSPS) is 18.9. The van der Waals surface area contributed by atoms with Crippen LogP contribution in [0.4, 0.5) is 4.79 Å². The molecule has 8 nitrogen and oxygen atoms in total. The summed E-state index contributed by atoms with van der Waals surface area (Å²) in [4.78, 5) is 25.8. The number of aromatic amines is 1. The third kappa shape index (κ3) is 2.56. The number of carbonyl (C=O) groups excluding carboxylic acids is 2. The van der Waals surface area contributed by atoms with Crippen molar-refractivity contribution in [2.45, 2.75) is 19.2 Å².